The Hall–Kier alpha value is -0.993. The van der Waals surface area contributed by atoms with Gasteiger partial charge >= 0.3 is 6.09 Å². The van der Waals surface area contributed by atoms with Crippen molar-refractivity contribution in [1.82, 2.24) is 14.9 Å². The quantitative estimate of drug-likeness (QED) is 0.724. The van der Waals surface area contributed by atoms with Gasteiger partial charge in [0.25, 0.3) is 0 Å². The Morgan fingerprint density at radius 2 is 1.78 bits per heavy atom. The summed E-state index contributed by atoms with van der Waals surface area (Å²) in [5.41, 5.74) is -1.15. The molecular formula is C15H24BrN3O3Si. The fraction of sp³-hybridized carbons (Fsp3) is 0.667. The number of ether oxygens (including phenoxy) is 1. The summed E-state index contributed by atoms with van der Waals surface area (Å²) in [5.74, 6) is 0.614. The van der Waals surface area contributed by atoms with Crippen LogP contribution in [-0.4, -0.2) is 48.0 Å². The maximum Gasteiger partial charge on any atom is 0.410 e. The van der Waals surface area contributed by atoms with Crippen molar-refractivity contribution in [1.29, 1.82) is 0 Å². The van der Waals surface area contributed by atoms with Gasteiger partial charge in [0.2, 0.25) is 0 Å². The van der Waals surface area contributed by atoms with Crippen LogP contribution in [0.3, 0.4) is 0 Å². The summed E-state index contributed by atoms with van der Waals surface area (Å²) < 4.78 is 12.6. The molecule has 128 valence electrons. The molecule has 1 amide bonds. The number of hydrogen-bond donors (Lipinski definition) is 0. The van der Waals surface area contributed by atoms with Crippen LogP contribution in [0.15, 0.2) is 16.9 Å². The van der Waals surface area contributed by atoms with Crippen LogP contribution in [0.1, 0.15) is 26.6 Å². The van der Waals surface area contributed by atoms with Gasteiger partial charge in [0, 0.05) is 12.4 Å². The van der Waals surface area contributed by atoms with E-state index in [2.05, 4.69) is 45.5 Å². The normalized spacial score (nSPS) is 17.6. The van der Waals surface area contributed by atoms with E-state index in [1.165, 1.54) is 0 Å². The summed E-state index contributed by atoms with van der Waals surface area (Å²) in [6, 6.07) is 0. The molecule has 0 bridgehead atoms. The third kappa shape index (κ3) is 4.74. The highest BCUT2D eigenvalue weighted by Crippen LogP contribution is 2.37. The van der Waals surface area contributed by atoms with Crippen LogP contribution in [-0.2, 0) is 14.8 Å². The zero-order valence-electron chi connectivity index (χ0n) is 14.5. The number of aromatic nitrogens is 2. The molecule has 0 saturated carbocycles. The first-order chi connectivity index (χ1) is 10.4. The van der Waals surface area contributed by atoms with E-state index < -0.39 is 19.5 Å². The lowest BCUT2D eigenvalue weighted by atomic mass is 9.93. The smallest absolute Gasteiger partial charge is 0.410 e. The average Bonchev–Trinajstić information content (AvgIpc) is 2.30. The monoisotopic (exact) mass is 401 g/mol. The van der Waals surface area contributed by atoms with E-state index in [1.54, 1.807) is 17.3 Å². The third-order valence-electron chi connectivity index (χ3n) is 3.07. The molecule has 0 atom stereocenters. The molecule has 0 aliphatic carbocycles. The zero-order chi connectivity index (χ0) is 17.5. The van der Waals surface area contributed by atoms with Gasteiger partial charge in [-0.2, -0.15) is 0 Å². The van der Waals surface area contributed by atoms with Gasteiger partial charge in [0.15, 0.2) is 19.7 Å². The van der Waals surface area contributed by atoms with Crippen molar-refractivity contribution in [2.24, 2.45) is 0 Å². The second-order valence-electron chi connectivity index (χ2n) is 7.77. The molecule has 0 spiro atoms. The van der Waals surface area contributed by atoms with Crippen molar-refractivity contribution in [3.8, 4) is 0 Å². The number of carbonyl (C=O) groups excluding carboxylic acids is 1. The fourth-order valence-corrected chi connectivity index (χ4v) is 4.01. The lowest BCUT2D eigenvalue weighted by molar-refractivity contribution is -0.0961. The number of rotatable bonds is 3. The van der Waals surface area contributed by atoms with Crippen LogP contribution in [0.5, 0.6) is 0 Å². The van der Waals surface area contributed by atoms with Gasteiger partial charge in [-0.05, 0) is 56.3 Å². The molecule has 2 rings (SSSR count). The first-order valence-corrected chi connectivity index (χ1v) is 11.8. The predicted molar refractivity (Wildman–Crippen MR) is 93.6 cm³/mol. The zero-order valence-corrected chi connectivity index (χ0v) is 17.1. The van der Waals surface area contributed by atoms with E-state index in [0.717, 1.165) is 4.47 Å². The van der Waals surface area contributed by atoms with Crippen molar-refractivity contribution >= 4 is 30.3 Å². The highest BCUT2D eigenvalue weighted by Gasteiger charge is 2.52. The van der Waals surface area contributed by atoms with Crippen LogP contribution in [0.4, 0.5) is 4.79 Å². The summed E-state index contributed by atoms with van der Waals surface area (Å²) in [6.45, 7) is 12.7. The Labute approximate surface area is 146 Å². The minimum atomic E-state index is -1.84. The first-order valence-electron chi connectivity index (χ1n) is 7.56. The van der Waals surface area contributed by atoms with E-state index in [-0.39, 0.29) is 6.09 Å². The van der Waals surface area contributed by atoms with Crippen molar-refractivity contribution in [2.75, 3.05) is 13.1 Å². The van der Waals surface area contributed by atoms with Gasteiger partial charge < -0.3 is 14.1 Å². The van der Waals surface area contributed by atoms with Crippen LogP contribution >= 0.6 is 15.9 Å². The van der Waals surface area contributed by atoms with Gasteiger partial charge in [0.05, 0.1) is 17.6 Å². The maximum atomic E-state index is 12.2. The lowest BCUT2D eigenvalue weighted by Gasteiger charge is -2.50. The fourth-order valence-electron chi connectivity index (χ4n) is 2.41. The highest BCUT2D eigenvalue weighted by molar-refractivity contribution is 9.10. The van der Waals surface area contributed by atoms with Crippen LogP contribution in [0.2, 0.25) is 19.6 Å². The Morgan fingerprint density at radius 1 is 1.26 bits per heavy atom. The number of likely N-dealkylation sites (tertiary alicyclic amines) is 1. The molecule has 1 saturated heterocycles. The summed E-state index contributed by atoms with van der Waals surface area (Å²) in [4.78, 5) is 22.6. The van der Waals surface area contributed by atoms with E-state index in [9.17, 15) is 4.79 Å². The van der Waals surface area contributed by atoms with Gasteiger partial charge in [-0.3, -0.25) is 0 Å². The minimum absolute atomic E-state index is 0.329. The summed E-state index contributed by atoms with van der Waals surface area (Å²) in [7, 11) is -1.84. The standard InChI is InChI=1S/C15H24BrN3O3Si/c1-14(2,3)21-13(20)19-9-15(10-19,22-23(4,5)6)12-17-7-11(16)8-18-12/h7-8H,9-10H2,1-6H3. The van der Waals surface area contributed by atoms with E-state index in [4.69, 9.17) is 9.16 Å². The topological polar surface area (TPSA) is 64.5 Å². The Kier molecular flexibility index (Phi) is 4.90. The molecule has 2 heterocycles. The number of halogens is 1. The minimum Gasteiger partial charge on any atom is -0.444 e. The third-order valence-corrected chi connectivity index (χ3v) is 4.49. The molecule has 1 aromatic heterocycles. The molecule has 23 heavy (non-hydrogen) atoms. The van der Waals surface area contributed by atoms with Crippen molar-refractivity contribution in [3.05, 3.63) is 22.7 Å². The SMILES string of the molecule is CC(C)(C)OC(=O)N1CC(O[Si](C)(C)C)(c2ncc(Br)cn2)C1. The predicted octanol–water partition coefficient (Wildman–Crippen LogP) is 3.54. The summed E-state index contributed by atoms with van der Waals surface area (Å²) in [5, 5.41) is 0. The number of nitrogens with zero attached hydrogens (tertiary/aromatic N) is 3. The first kappa shape index (κ1) is 18.3. The number of amides is 1. The second kappa shape index (κ2) is 6.14. The molecule has 1 aromatic rings. The molecule has 0 unspecified atom stereocenters. The molecule has 0 radical (unpaired) electrons. The van der Waals surface area contributed by atoms with Crippen molar-refractivity contribution in [2.45, 2.75) is 51.6 Å². The Bertz CT molecular complexity index is 575. The van der Waals surface area contributed by atoms with Crippen LogP contribution < -0.4 is 0 Å². The molecule has 0 aromatic carbocycles. The molecular weight excluding hydrogens is 378 g/mol. The molecule has 6 nitrogen and oxygen atoms in total. The van der Waals surface area contributed by atoms with E-state index >= 15 is 0 Å². The Morgan fingerprint density at radius 3 is 2.22 bits per heavy atom. The van der Waals surface area contributed by atoms with Crippen molar-refractivity contribution < 1.29 is 14.0 Å². The maximum absolute atomic E-state index is 12.2. The molecule has 1 aliphatic rings. The summed E-state index contributed by atoms with van der Waals surface area (Å²) >= 11 is 3.34. The number of carbonyl (C=O) groups is 1. The Balaban J connectivity index is 2.17. The summed E-state index contributed by atoms with van der Waals surface area (Å²) in [6.07, 6.45) is 3.08. The van der Waals surface area contributed by atoms with E-state index in [0.29, 0.717) is 18.9 Å². The largest absolute Gasteiger partial charge is 0.444 e. The molecule has 1 aliphatic heterocycles. The van der Waals surface area contributed by atoms with Gasteiger partial charge in [-0.25, -0.2) is 14.8 Å². The molecule has 1 fully saturated rings. The molecule has 8 heteroatoms. The average molecular weight is 402 g/mol. The van der Waals surface area contributed by atoms with Crippen LogP contribution in [0.25, 0.3) is 0 Å². The van der Waals surface area contributed by atoms with Crippen LogP contribution in [0, 0.1) is 0 Å². The second-order valence-corrected chi connectivity index (χ2v) is 13.1. The van der Waals surface area contributed by atoms with E-state index in [1.807, 2.05) is 20.8 Å². The molecule has 0 N–H and O–H groups in total. The number of hydrogen-bond acceptors (Lipinski definition) is 5. The van der Waals surface area contributed by atoms with Gasteiger partial charge in [-0.1, -0.05) is 0 Å². The van der Waals surface area contributed by atoms with Crippen molar-refractivity contribution in [3.63, 3.8) is 0 Å². The van der Waals surface area contributed by atoms with Gasteiger partial charge in [0.1, 0.15) is 5.60 Å². The van der Waals surface area contributed by atoms with Gasteiger partial charge in [-0.15, -0.1) is 0 Å². The highest BCUT2D eigenvalue weighted by atomic mass is 79.9. The lowest BCUT2D eigenvalue weighted by Crippen LogP contribution is -2.66.